The Labute approximate surface area is 56.7 Å². The normalized spacial score (nSPS) is 7.00. The van der Waals surface area contributed by atoms with E-state index in [2.05, 4.69) is 25.3 Å². The molecule has 3 heteroatoms. The zero-order valence-corrected chi connectivity index (χ0v) is 5.51. The van der Waals surface area contributed by atoms with Crippen LogP contribution in [0.3, 0.4) is 0 Å². The summed E-state index contributed by atoms with van der Waals surface area (Å²) >= 11 is 7.90. The Bertz CT molecular complexity index is 22.8. The molecular weight excluding hydrogens is 109 g/mol. The van der Waals surface area contributed by atoms with Crippen molar-refractivity contribution in [2.75, 3.05) is 11.5 Å². The van der Waals surface area contributed by atoms with Crippen LogP contribution in [0.25, 0.3) is 0 Å². The maximum atomic E-state index is 3.95. The van der Waals surface area contributed by atoms with Crippen molar-refractivity contribution in [3.05, 3.63) is 0 Å². The van der Waals surface area contributed by atoms with Gasteiger partial charge in [-0.25, -0.2) is 0 Å². The first-order valence-electron chi connectivity index (χ1n) is 1.63. The molecule has 0 aromatic rings. The van der Waals surface area contributed by atoms with Crippen molar-refractivity contribution < 1.29 is 2.85 Å². The third-order valence-electron chi connectivity index (χ3n) is 0.316. The van der Waals surface area contributed by atoms with Crippen LogP contribution in [0.1, 0.15) is 9.27 Å². The molecule has 0 saturated carbocycles. The largest absolute Gasteiger partial charge is 2.00 e. The molecule has 0 saturated heterocycles. The molecule has 0 amide bonds. The minimum atomic E-state index is 0. The van der Waals surface area contributed by atoms with E-state index in [4.69, 9.17) is 0 Å². The van der Waals surface area contributed by atoms with E-state index in [0.717, 1.165) is 17.9 Å². The van der Waals surface area contributed by atoms with Crippen molar-refractivity contribution in [1.29, 1.82) is 0 Å². The number of hydrogen-bond acceptors (Lipinski definition) is 2. The molecule has 0 aliphatic rings. The van der Waals surface area contributed by atoms with E-state index >= 15 is 0 Å². The Morgan fingerprint density at radius 3 is 1.50 bits per heavy atom. The van der Waals surface area contributed by atoms with Crippen molar-refractivity contribution in [1.82, 2.24) is 0 Å². The summed E-state index contributed by atoms with van der Waals surface area (Å²) in [5.41, 5.74) is 0. The van der Waals surface area contributed by atoms with Gasteiger partial charge in [-0.15, -0.1) is 0 Å². The Morgan fingerprint density at radius 1 is 1.17 bits per heavy atom. The van der Waals surface area contributed by atoms with E-state index in [1.54, 1.807) is 0 Å². The van der Waals surface area contributed by atoms with Gasteiger partial charge in [-0.05, 0) is 17.9 Å². The minimum absolute atomic E-state index is 0. The second-order valence-electron chi connectivity index (χ2n) is 0.801. The van der Waals surface area contributed by atoms with Crippen molar-refractivity contribution >= 4 is 35.4 Å². The fourth-order valence-electron chi connectivity index (χ4n) is 0.0707. The SMILES string of the molecule is SCCCS.[Be+2].[H-].[H-]. The van der Waals surface area contributed by atoms with Crippen LogP contribution in [0.4, 0.5) is 0 Å². The van der Waals surface area contributed by atoms with E-state index in [0.29, 0.717) is 0 Å². The monoisotopic (exact) mass is 119 g/mol. The predicted molar refractivity (Wildman–Crippen MR) is 40.3 cm³/mol. The zero-order valence-electron chi connectivity index (χ0n) is 5.72. The van der Waals surface area contributed by atoms with Gasteiger partial charge in [0.2, 0.25) is 0 Å². The molecule has 0 atom stereocenters. The van der Waals surface area contributed by atoms with Crippen LogP contribution in [0.15, 0.2) is 0 Å². The summed E-state index contributed by atoms with van der Waals surface area (Å²) in [4.78, 5) is 0. The smallest absolute Gasteiger partial charge is 1.00 e. The average Bonchev–Trinajstić information content (AvgIpc) is 1.41. The molecule has 0 aromatic carbocycles. The molecule has 0 nitrogen and oxygen atoms in total. The van der Waals surface area contributed by atoms with Crippen molar-refractivity contribution in [3.63, 3.8) is 0 Å². The second-order valence-corrected chi connectivity index (χ2v) is 1.70. The Morgan fingerprint density at radius 2 is 1.50 bits per heavy atom. The minimum Gasteiger partial charge on any atom is -1.00 e. The summed E-state index contributed by atoms with van der Waals surface area (Å²) in [6.07, 6.45) is 1.12. The topological polar surface area (TPSA) is 0 Å². The molecule has 0 N–H and O–H groups in total. The van der Waals surface area contributed by atoms with Gasteiger partial charge in [0.1, 0.15) is 0 Å². The maximum Gasteiger partial charge on any atom is 2.00 e. The number of thiol groups is 2. The van der Waals surface area contributed by atoms with Gasteiger partial charge < -0.3 is 2.85 Å². The quantitative estimate of drug-likeness (QED) is 0.394. The number of rotatable bonds is 2. The first kappa shape index (κ1) is 9.98. The summed E-state index contributed by atoms with van der Waals surface area (Å²) in [5, 5.41) is 0. The van der Waals surface area contributed by atoms with E-state index in [1.807, 2.05) is 0 Å². The molecule has 36 valence electrons. The molecule has 0 bridgehead atoms. The van der Waals surface area contributed by atoms with Crippen LogP contribution in [0.2, 0.25) is 0 Å². The summed E-state index contributed by atoms with van der Waals surface area (Å²) in [5.74, 6) is 1.92. The van der Waals surface area contributed by atoms with Gasteiger partial charge >= 0.3 is 10.1 Å². The Hall–Kier alpha value is 0.869. The van der Waals surface area contributed by atoms with Crippen LogP contribution in [0.5, 0.6) is 0 Å². The fraction of sp³-hybridized carbons (Fsp3) is 1.00. The van der Waals surface area contributed by atoms with Gasteiger partial charge in [0.15, 0.2) is 0 Å². The zero-order chi connectivity index (χ0) is 4.12. The molecule has 0 radical (unpaired) electrons. The molecule has 0 aromatic heterocycles. The molecule has 0 spiro atoms. The Balaban J connectivity index is -0.0000000267. The van der Waals surface area contributed by atoms with E-state index in [1.165, 1.54) is 0 Å². The van der Waals surface area contributed by atoms with Gasteiger partial charge in [0.05, 0.1) is 0 Å². The predicted octanol–water partition coefficient (Wildman–Crippen LogP) is 1.08. The molecule has 0 heterocycles. The van der Waals surface area contributed by atoms with Crippen molar-refractivity contribution in [2.45, 2.75) is 6.42 Å². The fourth-order valence-corrected chi connectivity index (χ4v) is 0.636. The van der Waals surface area contributed by atoms with Gasteiger partial charge in [-0.2, -0.15) is 25.3 Å². The van der Waals surface area contributed by atoms with Gasteiger partial charge in [0.25, 0.3) is 0 Å². The van der Waals surface area contributed by atoms with Crippen LogP contribution in [-0.4, -0.2) is 21.6 Å². The molecule has 6 heavy (non-hydrogen) atoms. The van der Waals surface area contributed by atoms with Gasteiger partial charge in [-0.3, -0.25) is 0 Å². The molecule has 0 aliphatic heterocycles. The molecule has 0 aliphatic carbocycles. The first-order valence-corrected chi connectivity index (χ1v) is 2.90. The summed E-state index contributed by atoms with van der Waals surface area (Å²) in [7, 11) is 0. The van der Waals surface area contributed by atoms with E-state index in [9.17, 15) is 0 Å². The summed E-state index contributed by atoms with van der Waals surface area (Å²) < 4.78 is 0. The molecule has 0 fully saturated rings. The van der Waals surface area contributed by atoms with Crippen molar-refractivity contribution in [3.8, 4) is 0 Å². The van der Waals surface area contributed by atoms with Crippen LogP contribution in [0, 0.1) is 0 Å². The average molecular weight is 119 g/mol. The van der Waals surface area contributed by atoms with Crippen LogP contribution < -0.4 is 0 Å². The van der Waals surface area contributed by atoms with Gasteiger partial charge in [0, 0.05) is 0 Å². The van der Waals surface area contributed by atoms with Gasteiger partial charge in [-0.1, -0.05) is 0 Å². The number of hydrogen-bond donors (Lipinski definition) is 2. The molecule has 0 unspecified atom stereocenters. The van der Waals surface area contributed by atoms with Crippen LogP contribution >= 0.6 is 25.3 Å². The third-order valence-corrected chi connectivity index (χ3v) is 0.949. The molecule has 0 rings (SSSR count). The van der Waals surface area contributed by atoms with Crippen LogP contribution in [-0.2, 0) is 0 Å². The maximum absolute atomic E-state index is 3.95. The second kappa shape index (κ2) is 9.29. The van der Waals surface area contributed by atoms with E-state index < -0.39 is 0 Å². The van der Waals surface area contributed by atoms with Crippen molar-refractivity contribution in [2.24, 2.45) is 0 Å². The molecular formula is C3H10BeS2. The first-order chi connectivity index (χ1) is 2.41. The standard InChI is InChI=1S/C3H8S2.Be.2H/c4-2-1-3-5;;;/h4-5H,1-3H2;;;/q;+2;2*-1. The summed E-state index contributed by atoms with van der Waals surface area (Å²) in [6.45, 7) is 0. The third kappa shape index (κ3) is 8.85. The summed E-state index contributed by atoms with van der Waals surface area (Å²) in [6, 6.07) is 0. The van der Waals surface area contributed by atoms with E-state index in [-0.39, 0.29) is 13.0 Å². The Kier molecular flexibility index (Phi) is 15.5.